The fraction of sp³-hybridized carbons (Fsp3) is 0.636. The summed E-state index contributed by atoms with van der Waals surface area (Å²) in [5.74, 6) is -0.764. The molecule has 1 aromatic heterocycles. The predicted octanol–water partition coefficient (Wildman–Crippen LogP) is 0.759. The molecule has 5 nitrogen and oxygen atoms in total. The second-order valence-electron chi connectivity index (χ2n) is 3.94. The Morgan fingerprint density at radius 3 is 2.81 bits per heavy atom. The zero-order valence-electron chi connectivity index (χ0n) is 9.89. The number of aliphatic carboxylic acids is 1. The Hall–Kier alpha value is -1.36. The van der Waals surface area contributed by atoms with Gasteiger partial charge in [-0.3, -0.25) is 14.4 Å². The van der Waals surface area contributed by atoms with Gasteiger partial charge in [-0.25, -0.2) is 0 Å². The first-order valence-corrected chi connectivity index (χ1v) is 5.53. The Balaban J connectivity index is 2.39. The van der Waals surface area contributed by atoms with Crippen molar-refractivity contribution in [3.8, 4) is 0 Å². The lowest BCUT2D eigenvalue weighted by atomic mass is 10.2. The minimum atomic E-state index is -0.764. The number of aryl methyl sites for hydroxylation is 1. The van der Waals surface area contributed by atoms with Crippen LogP contribution in [0.3, 0.4) is 0 Å². The van der Waals surface area contributed by atoms with Gasteiger partial charge in [0.2, 0.25) is 0 Å². The standard InChI is InChI=1S/C11H19N3O2/c1-3-5-14(9-11(15)16)6-4-10-7-12-13(2)8-10/h7-8H,3-6,9H2,1-2H3,(H,15,16). The van der Waals surface area contributed by atoms with Crippen molar-refractivity contribution in [2.75, 3.05) is 19.6 Å². The molecule has 0 atom stereocenters. The van der Waals surface area contributed by atoms with E-state index in [1.165, 1.54) is 0 Å². The molecule has 1 rings (SSSR count). The molecule has 0 saturated carbocycles. The molecule has 0 saturated heterocycles. The highest BCUT2D eigenvalue weighted by atomic mass is 16.4. The van der Waals surface area contributed by atoms with Gasteiger partial charge in [0, 0.05) is 19.8 Å². The molecule has 0 aliphatic rings. The summed E-state index contributed by atoms with van der Waals surface area (Å²) < 4.78 is 1.76. The van der Waals surface area contributed by atoms with Gasteiger partial charge in [-0.15, -0.1) is 0 Å². The lowest BCUT2D eigenvalue weighted by Crippen LogP contribution is -2.32. The molecule has 1 heterocycles. The van der Waals surface area contributed by atoms with Crippen LogP contribution < -0.4 is 0 Å². The molecule has 0 fully saturated rings. The Kier molecular flexibility index (Phi) is 4.98. The summed E-state index contributed by atoms with van der Waals surface area (Å²) in [6.45, 7) is 3.77. The minimum Gasteiger partial charge on any atom is -0.480 e. The number of carboxylic acid groups (broad SMARTS) is 1. The van der Waals surface area contributed by atoms with Gasteiger partial charge in [0.05, 0.1) is 12.7 Å². The first-order valence-electron chi connectivity index (χ1n) is 5.53. The molecular formula is C11H19N3O2. The van der Waals surface area contributed by atoms with E-state index in [1.807, 2.05) is 24.3 Å². The second kappa shape index (κ2) is 6.27. The van der Waals surface area contributed by atoms with Crippen molar-refractivity contribution in [2.45, 2.75) is 19.8 Å². The van der Waals surface area contributed by atoms with E-state index in [4.69, 9.17) is 5.11 Å². The van der Waals surface area contributed by atoms with E-state index in [0.29, 0.717) is 0 Å². The number of nitrogens with zero attached hydrogens (tertiary/aromatic N) is 3. The van der Waals surface area contributed by atoms with Gasteiger partial charge < -0.3 is 5.11 Å². The van der Waals surface area contributed by atoms with Crippen LogP contribution in [0.5, 0.6) is 0 Å². The maximum absolute atomic E-state index is 10.6. The topological polar surface area (TPSA) is 58.4 Å². The fourth-order valence-electron chi connectivity index (χ4n) is 1.67. The highest BCUT2D eigenvalue weighted by Crippen LogP contribution is 2.00. The minimum absolute atomic E-state index is 0.119. The average Bonchev–Trinajstić information content (AvgIpc) is 2.60. The van der Waals surface area contributed by atoms with Gasteiger partial charge in [-0.1, -0.05) is 6.92 Å². The van der Waals surface area contributed by atoms with Gasteiger partial charge in [-0.2, -0.15) is 5.10 Å². The maximum atomic E-state index is 10.6. The average molecular weight is 225 g/mol. The largest absolute Gasteiger partial charge is 0.480 e. The summed E-state index contributed by atoms with van der Waals surface area (Å²) in [7, 11) is 1.88. The van der Waals surface area contributed by atoms with Crippen molar-refractivity contribution >= 4 is 5.97 Å². The summed E-state index contributed by atoms with van der Waals surface area (Å²) in [6, 6.07) is 0. The quantitative estimate of drug-likeness (QED) is 0.744. The molecule has 1 N–H and O–H groups in total. The van der Waals surface area contributed by atoms with Crippen LogP contribution in [0, 0.1) is 0 Å². The molecular weight excluding hydrogens is 206 g/mol. The summed E-state index contributed by atoms with van der Waals surface area (Å²) in [4.78, 5) is 12.6. The fourth-order valence-corrected chi connectivity index (χ4v) is 1.67. The van der Waals surface area contributed by atoms with Crippen molar-refractivity contribution in [2.24, 2.45) is 7.05 Å². The van der Waals surface area contributed by atoms with Crippen LogP contribution in [0.2, 0.25) is 0 Å². The molecule has 5 heteroatoms. The zero-order valence-corrected chi connectivity index (χ0v) is 9.89. The second-order valence-corrected chi connectivity index (χ2v) is 3.94. The molecule has 0 bridgehead atoms. The van der Waals surface area contributed by atoms with Crippen molar-refractivity contribution in [1.82, 2.24) is 14.7 Å². The molecule has 0 spiro atoms. The maximum Gasteiger partial charge on any atom is 0.317 e. The first-order chi connectivity index (χ1) is 7.61. The number of hydrogen-bond donors (Lipinski definition) is 1. The van der Waals surface area contributed by atoms with E-state index < -0.39 is 5.97 Å². The van der Waals surface area contributed by atoms with E-state index in [-0.39, 0.29) is 6.54 Å². The van der Waals surface area contributed by atoms with Crippen LogP contribution in [-0.4, -0.2) is 45.4 Å². The van der Waals surface area contributed by atoms with Gasteiger partial charge >= 0.3 is 5.97 Å². The summed E-state index contributed by atoms with van der Waals surface area (Å²) >= 11 is 0. The number of carboxylic acids is 1. The van der Waals surface area contributed by atoms with E-state index in [0.717, 1.165) is 31.5 Å². The molecule has 0 radical (unpaired) electrons. The molecule has 0 aliphatic carbocycles. The lowest BCUT2D eigenvalue weighted by Gasteiger charge is -2.18. The number of aromatic nitrogens is 2. The Labute approximate surface area is 95.7 Å². The monoisotopic (exact) mass is 225 g/mol. The molecule has 90 valence electrons. The summed E-state index contributed by atoms with van der Waals surface area (Å²) in [5.41, 5.74) is 1.15. The van der Waals surface area contributed by atoms with Crippen LogP contribution in [0.25, 0.3) is 0 Å². The normalized spacial score (nSPS) is 10.9. The third kappa shape index (κ3) is 4.44. The van der Waals surface area contributed by atoms with Gasteiger partial charge in [0.25, 0.3) is 0 Å². The Bertz CT molecular complexity index is 336. The molecule has 0 amide bonds. The van der Waals surface area contributed by atoms with Crippen LogP contribution in [0.15, 0.2) is 12.4 Å². The molecule has 16 heavy (non-hydrogen) atoms. The number of hydrogen-bond acceptors (Lipinski definition) is 3. The van der Waals surface area contributed by atoms with Gasteiger partial charge in [0.15, 0.2) is 0 Å². The highest BCUT2D eigenvalue weighted by Gasteiger charge is 2.08. The Morgan fingerprint density at radius 1 is 1.56 bits per heavy atom. The molecule has 0 aromatic carbocycles. The Morgan fingerprint density at radius 2 is 2.31 bits per heavy atom. The summed E-state index contributed by atoms with van der Waals surface area (Å²) in [6.07, 6.45) is 5.61. The van der Waals surface area contributed by atoms with Gasteiger partial charge in [-0.05, 0) is 24.9 Å². The zero-order chi connectivity index (χ0) is 12.0. The molecule has 1 aromatic rings. The third-order valence-corrected chi connectivity index (χ3v) is 2.37. The van der Waals surface area contributed by atoms with Crippen LogP contribution >= 0.6 is 0 Å². The molecule has 0 aliphatic heterocycles. The van der Waals surface area contributed by atoms with E-state index in [1.54, 1.807) is 4.68 Å². The predicted molar refractivity (Wildman–Crippen MR) is 61.3 cm³/mol. The van der Waals surface area contributed by atoms with Gasteiger partial charge in [0.1, 0.15) is 0 Å². The first kappa shape index (κ1) is 12.7. The van der Waals surface area contributed by atoms with Crippen LogP contribution in [-0.2, 0) is 18.3 Å². The lowest BCUT2D eigenvalue weighted by molar-refractivity contribution is -0.138. The van der Waals surface area contributed by atoms with Crippen molar-refractivity contribution in [3.05, 3.63) is 18.0 Å². The SMILES string of the molecule is CCCN(CCc1cnn(C)c1)CC(=O)O. The molecule has 0 unspecified atom stereocenters. The van der Waals surface area contributed by atoms with Crippen molar-refractivity contribution in [1.29, 1.82) is 0 Å². The number of carbonyl (C=O) groups is 1. The van der Waals surface area contributed by atoms with E-state index in [9.17, 15) is 4.79 Å². The van der Waals surface area contributed by atoms with Crippen LogP contribution in [0.4, 0.5) is 0 Å². The van der Waals surface area contributed by atoms with E-state index >= 15 is 0 Å². The summed E-state index contributed by atoms with van der Waals surface area (Å²) in [5, 5.41) is 12.8. The van der Waals surface area contributed by atoms with E-state index in [2.05, 4.69) is 12.0 Å². The smallest absolute Gasteiger partial charge is 0.317 e. The van der Waals surface area contributed by atoms with Crippen LogP contribution in [0.1, 0.15) is 18.9 Å². The van der Waals surface area contributed by atoms with Crippen molar-refractivity contribution in [3.63, 3.8) is 0 Å². The highest BCUT2D eigenvalue weighted by molar-refractivity contribution is 5.69. The van der Waals surface area contributed by atoms with Crippen molar-refractivity contribution < 1.29 is 9.90 Å². The number of rotatable bonds is 7. The third-order valence-electron chi connectivity index (χ3n) is 2.37.